The van der Waals surface area contributed by atoms with E-state index in [1.54, 1.807) is 17.0 Å². The van der Waals surface area contributed by atoms with Crippen LogP contribution in [0.2, 0.25) is 0 Å². The number of aryl methyl sites for hydroxylation is 2. The molecule has 22 heavy (non-hydrogen) atoms. The predicted molar refractivity (Wildman–Crippen MR) is 83.8 cm³/mol. The van der Waals surface area contributed by atoms with Gasteiger partial charge in [-0.3, -0.25) is 14.9 Å². The van der Waals surface area contributed by atoms with Gasteiger partial charge in [0.2, 0.25) is 5.91 Å². The van der Waals surface area contributed by atoms with Crippen molar-refractivity contribution in [1.82, 2.24) is 0 Å². The zero-order chi connectivity index (χ0) is 15.7. The van der Waals surface area contributed by atoms with E-state index in [-0.39, 0.29) is 11.6 Å². The van der Waals surface area contributed by atoms with Gasteiger partial charge in [-0.25, -0.2) is 0 Å². The number of benzene rings is 2. The molecule has 0 unspecified atom stereocenters. The Balaban J connectivity index is 1.93. The Morgan fingerprint density at radius 2 is 1.86 bits per heavy atom. The molecule has 0 aliphatic carbocycles. The van der Waals surface area contributed by atoms with Crippen molar-refractivity contribution >= 4 is 17.3 Å². The summed E-state index contributed by atoms with van der Waals surface area (Å²) in [5.41, 5.74) is 3.93. The Morgan fingerprint density at radius 1 is 1.14 bits per heavy atom. The summed E-state index contributed by atoms with van der Waals surface area (Å²) in [7, 11) is 0. The molecule has 1 aliphatic rings. The number of amides is 1. The highest BCUT2D eigenvalue weighted by molar-refractivity contribution is 5.96. The van der Waals surface area contributed by atoms with E-state index in [2.05, 4.69) is 0 Å². The highest BCUT2D eigenvalue weighted by atomic mass is 16.6. The fourth-order valence-corrected chi connectivity index (χ4v) is 2.71. The van der Waals surface area contributed by atoms with Crippen LogP contribution in [-0.4, -0.2) is 10.8 Å². The largest absolute Gasteiger partial charge is 0.308 e. The van der Waals surface area contributed by atoms with Crippen LogP contribution in [0.15, 0.2) is 42.5 Å². The first-order chi connectivity index (χ1) is 10.5. The quantitative estimate of drug-likeness (QED) is 0.644. The maximum absolute atomic E-state index is 12.2. The zero-order valence-electron chi connectivity index (χ0n) is 12.3. The molecule has 0 aromatic heterocycles. The van der Waals surface area contributed by atoms with Gasteiger partial charge in [-0.1, -0.05) is 29.8 Å². The lowest BCUT2D eigenvalue weighted by atomic mass is 9.99. The van der Waals surface area contributed by atoms with E-state index in [0.29, 0.717) is 19.4 Å². The summed E-state index contributed by atoms with van der Waals surface area (Å²) in [6.45, 7) is 2.51. The van der Waals surface area contributed by atoms with Gasteiger partial charge >= 0.3 is 0 Å². The third-order valence-corrected chi connectivity index (χ3v) is 3.94. The molecule has 1 heterocycles. The van der Waals surface area contributed by atoms with Crippen molar-refractivity contribution in [3.05, 3.63) is 69.3 Å². The summed E-state index contributed by atoms with van der Waals surface area (Å²) in [6, 6.07) is 12.7. The fourth-order valence-electron chi connectivity index (χ4n) is 2.71. The summed E-state index contributed by atoms with van der Waals surface area (Å²) < 4.78 is 0. The number of carbonyl (C=O) groups is 1. The minimum atomic E-state index is -0.402. The van der Waals surface area contributed by atoms with Crippen LogP contribution in [-0.2, 0) is 17.8 Å². The molecule has 0 spiro atoms. The van der Waals surface area contributed by atoms with Gasteiger partial charge < -0.3 is 4.90 Å². The van der Waals surface area contributed by atoms with Crippen LogP contribution in [0, 0.1) is 17.0 Å². The number of nitro groups is 1. The molecule has 0 N–H and O–H groups in total. The Bertz CT molecular complexity index is 738. The van der Waals surface area contributed by atoms with Gasteiger partial charge in [0.05, 0.1) is 11.5 Å². The van der Waals surface area contributed by atoms with E-state index in [1.807, 2.05) is 31.2 Å². The summed E-state index contributed by atoms with van der Waals surface area (Å²) >= 11 is 0. The molecule has 0 fully saturated rings. The molecule has 0 saturated heterocycles. The average molecular weight is 296 g/mol. The van der Waals surface area contributed by atoms with Crippen LogP contribution in [0.5, 0.6) is 0 Å². The van der Waals surface area contributed by atoms with Crippen molar-refractivity contribution in [1.29, 1.82) is 0 Å². The molecule has 3 rings (SSSR count). The van der Waals surface area contributed by atoms with Crippen molar-refractivity contribution in [2.75, 3.05) is 4.90 Å². The van der Waals surface area contributed by atoms with Crippen LogP contribution in [0.1, 0.15) is 23.1 Å². The maximum Gasteiger partial charge on any atom is 0.269 e. The topological polar surface area (TPSA) is 63.5 Å². The molecular weight excluding hydrogens is 280 g/mol. The second-order valence-electron chi connectivity index (χ2n) is 5.54. The summed E-state index contributed by atoms with van der Waals surface area (Å²) in [5, 5.41) is 10.9. The SMILES string of the molecule is Cc1ccc(CN2C(=O)CCc3cc([N+](=O)[O-])ccc32)cc1. The number of nitrogens with zero attached hydrogens (tertiary/aromatic N) is 2. The first kappa shape index (κ1) is 14.3. The summed E-state index contributed by atoms with van der Waals surface area (Å²) in [6.07, 6.45) is 0.945. The van der Waals surface area contributed by atoms with E-state index in [9.17, 15) is 14.9 Å². The van der Waals surface area contributed by atoms with Crippen molar-refractivity contribution in [3.63, 3.8) is 0 Å². The van der Waals surface area contributed by atoms with Crippen LogP contribution >= 0.6 is 0 Å². The summed E-state index contributed by atoms with van der Waals surface area (Å²) in [4.78, 5) is 24.4. The molecule has 2 aromatic rings. The van der Waals surface area contributed by atoms with Crippen molar-refractivity contribution in [2.24, 2.45) is 0 Å². The van der Waals surface area contributed by atoms with E-state index < -0.39 is 4.92 Å². The molecule has 1 aliphatic heterocycles. The Hall–Kier alpha value is -2.69. The minimum Gasteiger partial charge on any atom is -0.308 e. The summed E-state index contributed by atoms with van der Waals surface area (Å²) in [5.74, 6) is 0.0573. The Labute approximate surface area is 128 Å². The number of fused-ring (bicyclic) bond motifs is 1. The van der Waals surface area contributed by atoms with Crippen molar-refractivity contribution in [2.45, 2.75) is 26.3 Å². The minimum absolute atomic E-state index is 0.0573. The number of carbonyl (C=O) groups excluding carboxylic acids is 1. The second kappa shape index (κ2) is 5.60. The van der Waals surface area contributed by atoms with Crippen LogP contribution in [0.3, 0.4) is 0 Å². The van der Waals surface area contributed by atoms with Crippen molar-refractivity contribution in [3.8, 4) is 0 Å². The average Bonchev–Trinajstić information content (AvgIpc) is 2.51. The maximum atomic E-state index is 12.2. The van der Waals surface area contributed by atoms with E-state index >= 15 is 0 Å². The van der Waals surface area contributed by atoms with Crippen LogP contribution in [0.25, 0.3) is 0 Å². The fraction of sp³-hybridized carbons (Fsp3) is 0.235. The highest BCUT2D eigenvalue weighted by Gasteiger charge is 2.25. The molecule has 0 saturated carbocycles. The standard InChI is InChI=1S/C17H16N2O3/c1-12-2-4-13(5-3-12)11-18-16-8-7-15(19(21)22)10-14(16)6-9-17(18)20/h2-5,7-8,10H,6,9,11H2,1H3. The van der Waals surface area contributed by atoms with Gasteiger partial charge in [-0.05, 0) is 30.5 Å². The normalized spacial score (nSPS) is 13.9. The Kier molecular flexibility index (Phi) is 3.63. The first-order valence-electron chi connectivity index (χ1n) is 7.18. The molecule has 112 valence electrons. The number of nitro benzene ring substituents is 1. The molecule has 0 bridgehead atoms. The lowest BCUT2D eigenvalue weighted by Crippen LogP contribution is -2.34. The number of anilines is 1. The zero-order valence-corrected chi connectivity index (χ0v) is 12.3. The van der Waals surface area contributed by atoms with E-state index in [1.165, 1.54) is 11.6 Å². The van der Waals surface area contributed by atoms with E-state index in [4.69, 9.17) is 0 Å². The Morgan fingerprint density at radius 3 is 2.55 bits per heavy atom. The molecule has 5 nitrogen and oxygen atoms in total. The highest BCUT2D eigenvalue weighted by Crippen LogP contribution is 2.32. The molecule has 5 heteroatoms. The number of rotatable bonds is 3. The lowest BCUT2D eigenvalue weighted by Gasteiger charge is -2.29. The van der Waals surface area contributed by atoms with Crippen LogP contribution in [0.4, 0.5) is 11.4 Å². The predicted octanol–water partition coefficient (Wildman–Crippen LogP) is 3.38. The van der Waals surface area contributed by atoms with Gasteiger partial charge in [0, 0.05) is 24.2 Å². The number of non-ortho nitro benzene ring substituents is 1. The molecule has 1 amide bonds. The van der Waals surface area contributed by atoms with Gasteiger partial charge in [0.25, 0.3) is 5.69 Å². The molecule has 0 atom stereocenters. The first-order valence-corrected chi connectivity index (χ1v) is 7.18. The monoisotopic (exact) mass is 296 g/mol. The number of hydrogen-bond donors (Lipinski definition) is 0. The third-order valence-electron chi connectivity index (χ3n) is 3.94. The molecule has 0 radical (unpaired) electrons. The molecule has 2 aromatic carbocycles. The van der Waals surface area contributed by atoms with Gasteiger partial charge in [-0.15, -0.1) is 0 Å². The second-order valence-corrected chi connectivity index (χ2v) is 5.54. The van der Waals surface area contributed by atoms with Gasteiger partial charge in [0.1, 0.15) is 0 Å². The van der Waals surface area contributed by atoms with Crippen LogP contribution < -0.4 is 4.90 Å². The number of hydrogen-bond acceptors (Lipinski definition) is 3. The van der Waals surface area contributed by atoms with Gasteiger partial charge in [-0.2, -0.15) is 0 Å². The van der Waals surface area contributed by atoms with Crippen molar-refractivity contribution < 1.29 is 9.72 Å². The third kappa shape index (κ3) is 2.70. The molecular formula is C17H16N2O3. The van der Waals surface area contributed by atoms with E-state index in [0.717, 1.165) is 16.8 Å². The smallest absolute Gasteiger partial charge is 0.269 e. The van der Waals surface area contributed by atoms with Gasteiger partial charge in [0.15, 0.2) is 0 Å². The lowest BCUT2D eigenvalue weighted by molar-refractivity contribution is -0.384.